The highest BCUT2D eigenvalue weighted by Gasteiger charge is 2.05. The van der Waals surface area contributed by atoms with Gasteiger partial charge >= 0.3 is 0 Å². The summed E-state index contributed by atoms with van der Waals surface area (Å²) in [5.74, 6) is -0.0225. The van der Waals surface area contributed by atoms with E-state index < -0.39 is 0 Å². The first kappa shape index (κ1) is 14.2. The number of halogens is 1. The minimum Gasteiger partial charge on any atom is -0.381 e. The molecule has 1 aromatic carbocycles. The van der Waals surface area contributed by atoms with Crippen LogP contribution in [0.15, 0.2) is 22.7 Å². The van der Waals surface area contributed by atoms with Gasteiger partial charge in [0.15, 0.2) is 0 Å². The molecule has 0 heterocycles. The van der Waals surface area contributed by atoms with Crippen LogP contribution in [-0.4, -0.2) is 19.1 Å². The Kier molecular flexibility index (Phi) is 6.22. The number of rotatable bonds is 6. The lowest BCUT2D eigenvalue weighted by molar-refractivity contribution is -0.117. The predicted molar refractivity (Wildman–Crippen MR) is 73.2 cm³/mol. The quantitative estimate of drug-likeness (QED) is 0.816. The number of amides is 1. The third kappa shape index (κ3) is 5.33. The lowest BCUT2D eigenvalue weighted by Crippen LogP contribution is -2.14. The van der Waals surface area contributed by atoms with Crippen LogP contribution in [0.1, 0.15) is 25.3 Å². The zero-order valence-corrected chi connectivity index (χ0v) is 11.8. The van der Waals surface area contributed by atoms with E-state index in [9.17, 15) is 4.79 Å². The smallest absolute Gasteiger partial charge is 0.226 e. The summed E-state index contributed by atoms with van der Waals surface area (Å²) in [7, 11) is 0. The number of anilines is 1. The van der Waals surface area contributed by atoms with Crippen molar-refractivity contribution >= 4 is 27.5 Å². The van der Waals surface area contributed by atoms with Gasteiger partial charge in [0.2, 0.25) is 5.91 Å². The van der Waals surface area contributed by atoms with E-state index in [1.807, 2.05) is 32.0 Å². The maximum absolute atomic E-state index is 11.6. The van der Waals surface area contributed by atoms with Gasteiger partial charge in [0.1, 0.15) is 0 Å². The molecule has 0 bridgehead atoms. The first-order valence-electron chi connectivity index (χ1n) is 5.77. The van der Waals surface area contributed by atoms with Crippen molar-refractivity contribution in [3.05, 3.63) is 28.2 Å². The second-order valence-electron chi connectivity index (χ2n) is 3.89. The Hall–Kier alpha value is -0.870. The highest BCUT2D eigenvalue weighted by atomic mass is 79.9. The average Bonchev–Trinajstić information content (AvgIpc) is 2.28. The molecule has 0 radical (unpaired) electrons. The van der Waals surface area contributed by atoms with Crippen LogP contribution >= 0.6 is 15.9 Å². The largest absolute Gasteiger partial charge is 0.381 e. The van der Waals surface area contributed by atoms with E-state index in [0.717, 1.165) is 22.1 Å². The van der Waals surface area contributed by atoms with Crippen LogP contribution in [-0.2, 0) is 9.53 Å². The molecule has 4 heteroatoms. The minimum atomic E-state index is -0.0225. The van der Waals surface area contributed by atoms with E-state index >= 15 is 0 Å². The van der Waals surface area contributed by atoms with E-state index in [1.54, 1.807) is 0 Å². The fraction of sp³-hybridized carbons (Fsp3) is 0.462. The summed E-state index contributed by atoms with van der Waals surface area (Å²) in [6.07, 6.45) is 1.37. The number of nitrogens with one attached hydrogen (secondary N) is 1. The van der Waals surface area contributed by atoms with E-state index in [2.05, 4.69) is 21.2 Å². The van der Waals surface area contributed by atoms with E-state index in [0.29, 0.717) is 19.6 Å². The predicted octanol–water partition coefficient (Wildman–Crippen LogP) is 3.51. The minimum absolute atomic E-state index is 0.0225. The van der Waals surface area contributed by atoms with Gasteiger partial charge in [-0.1, -0.05) is 13.0 Å². The van der Waals surface area contributed by atoms with Crippen molar-refractivity contribution in [3.8, 4) is 0 Å². The van der Waals surface area contributed by atoms with Gasteiger partial charge < -0.3 is 10.1 Å². The molecule has 0 aliphatic rings. The van der Waals surface area contributed by atoms with Crippen molar-refractivity contribution in [1.82, 2.24) is 0 Å². The fourth-order valence-corrected chi connectivity index (χ4v) is 1.94. The molecule has 3 nitrogen and oxygen atoms in total. The van der Waals surface area contributed by atoms with Gasteiger partial charge in [-0.2, -0.15) is 0 Å². The monoisotopic (exact) mass is 299 g/mol. The Morgan fingerprint density at radius 1 is 1.41 bits per heavy atom. The Labute approximate surface area is 111 Å². The molecular weight excluding hydrogens is 282 g/mol. The molecule has 0 aliphatic heterocycles. The molecule has 1 aromatic rings. The van der Waals surface area contributed by atoms with Gasteiger partial charge in [-0.3, -0.25) is 4.79 Å². The summed E-state index contributed by atoms with van der Waals surface area (Å²) in [5.41, 5.74) is 1.96. The summed E-state index contributed by atoms with van der Waals surface area (Å²) in [6.45, 7) is 5.24. The topological polar surface area (TPSA) is 38.3 Å². The van der Waals surface area contributed by atoms with Gasteiger partial charge in [-0.05, 0) is 47.0 Å². The maximum Gasteiger partial charge on any atom is 0.226 e. The average molecular weight is 300 g/mol. The lowest BCUT2D eigenvalue weighted by atomic mass is 10.2. The molecule has 0 spiro atoms. The molecule has 0 atom stereocenters. The second kappa shape index (κ2) is 7.45. The number of hydrogen-bond donors (Lipinski definition) is 1. The Bertz CT molecular complexity index is 380. The Morgan fingerprint density at radius 3 is 2.82 bits per heavy atom. The number of ether oxygens (including phenoxy) is 1. The first-order valence-corrected chi connectivity index (χ1v) is 6.56. The Balaban J connectivity index is 2.40. The van der Waals surface area contributed by atoms with Crippen LogP contribution in [0.5, 0.6) is 0 Å². The lowest BCUT2D eigenvalue weighted by Gasteiger charge is -2.08. The van der Waals surface area contributed by atoms with Crippen molar-refractivity contribution < 1.29 is 9.53 Å². The summed E-state index contributed by atoms with van der Waals surface area (Å²) in [5, 5.41) is 2.85. The fourth-order valence-electron chi connectivity index (χ4n) is 1.35. The second-order valence-corrected chi connectivity index (χ2v) is 4.75. The van der Waals surface area contributed by atoms with Gasteiger partial charge in [-0.25, -0.2) is 0 Å². The molecule has 0 saturated heterocycles. The molecule has 1 amide bonds. The first-order chi connectivity index (χ1) is 8.13. The number of hydrogen-bond acceptors (Lipinski definition) is 2. The molecule has 0 saturated carbocycles. The molecule has 0 aromatic heterocycles. The summed E-state index contributed by atoms with van der Waals surface area (Å²) >= 11 is 3.42. The van der Waals surface area contributed by atoms with Crippen molar-refractivity contribution in [1.29, 1.82) is 0 Å². The molecule has 1 rings (SSSR count). The van der Waals surface area contributed by atoms with Crippen LogP contribution in [0.3, 0.4) is 0 Å². The van der Waals surface area contributed by atoms with Crippen LogP contribution < -0.4 is 5.32 Å². The molecule has 1 N–H and O–H groups in total. The molecular formula is C13H18BrNO2. The van der Waals surface area contributed by atoms with Crippen LogP contribution in [0, 0.1) is 6.92 Å². The number of carbonyl (C=O) groups excluding carboxylic acids is 1. The zero-order chi connectivity index (χ0) is 12.7. The van der Waals surface area contributed by atoms with E-state index in [1.165, 1.54) is 0 Å². The van der Waals surface area contributed by atoms with E-state index in [-0.39, 0.29) is 5.91 Å². The molecule has 0 unspecified atom stereocenters. The van der Waals surface area contributed by atoms with Crippen LogP contribution in [0.25, 0.3) is 0 Å². The van der Waals surface area contributed by atoms with Crippen LogP contribution in [0.4, 0.5) is 5.69 Å². The van der Waals surface area contributed by atoms with Crippen molar-refractivity contribution in [3.63, 3.8) is 0 Å². The summed E-state index contributed by atoms with van der Waals surface area (Å²) < 4.78 is 6.17. The van der Waals surface area contributed by atoms with Gasteiger partial charge in [0, 0.05) is 11.1 Å². The normalized spacial score (nSPS) is 10.3. The SMILES string of the molecule is CCCOCCC(=O)Nc1ccc(C)cc1Br. The summed E-state index contributed by atoms with van der Waals surface area (Å²) in [4.78, 5) is 11.6. The van der Waals surface area contributed by atoms with Gasteiger partial charge in [0.05, 0.1) is 18.7 Å². The Morgan fingerprint density at radius 2 is 2.18 bits per heavy atom. The summed E-state index contributed by atoms with van der Waals surface area (Å²) in [6, 6.07) is 5.83. The molecule has 94 valence electrons. The highest BCUT2D eigenvalue weighted by molar-refractivity contribution is 9.10. The van der Waals surface area contributed by atoms with Crippen molar-refractivity contribution in [2.75, 3.05) is 18.5 Å². The molecule has 0 aliphatic carbocycles. The highest BCUT2D eigenvalue weighted by Crippen LogP contribution is 2.23. The number of benzene rings is 1. The standard InChI is InChI=1S/C13H18BrNO2/c1-3-7-17-8-6-13(16)15-12-5-4-10(2)9-11(12)14/h4-5,9H,3,6-8H2,1-2H3,(H,15,16). The molecule has 0 fully saturated rings. The molecule has 17 heavy (non-hydrogen) atoms. The number of aryl methyl sites for hydroxylation is 1. The van der Waals surface area contributed by atoms with Gasteiger partial charge in [0.25, 0.3) is 0 Å². The number of carbonyl (C=O) groups is 1. The van der Waals surface area contributed by atoms with Crippen LogP contribution in [0.2, 0.25) is 0 Å². The third-order valence-electron chi connectivity index (χ3n) is 2.22. The zero-order valence-electron chi connectivity index (χ0n) is 10.3. The van der Waals surface area contributed by atoms with Crippen molar-refractivity contribution in [2.24, 2.45) is 0 Å². The van der Waals surface area contributed by atoms with Gasteiger partial charge in [-0.15, -0.1) is 0 Å². The van der Waals surface area contributed by atoms with Crippen molar-refractivity contribution in [2.45, 2.75) is 26.7 Å². The maximum atomic E-state index is 11.6. The third-order valence-corrected chi connectivity index (χ3v) is 2.88. The van der Waals surface area contributed by atoms with E-state index in [4.69, 9.17) is 4.74 Å².